The van der Waals surface area contributed by atoms with Crippen LogP contribution in [0.3, 0.4) is 0 Å². The van der Waals surface area contributed by atoms with Crippen LogP contribution in [0.15, 0.2) is 18.5 Å². The third kappa shape index (κ3) is 2.73. The molecule has 3 nitrogen and oxygen atoms in total. The van der Waals surface area contributed by atoms with E-state index in [0.29, 0.717) is 6.04 Å². The molecule has 1 aliphatic carbocycles. The maximum Gasteiger partial charge on any atom is 0.0598 e. The SMILES string of the molecule is CC(C)NCc1ccncc1N(C)C1CC1. The Labute approximate surface area is 97.9 Å². The predicted molar refractivity (Wildman–Crippen MR) is 67.6 cm³/mol. The molecule has 16 heavy (non-hydrogen) atoms. The maximum absolute atomic E-state index is 4.23. The van der Waals surface area contributed by atoms with Crippen molar-refractivity contribution in [2.45, 2.75) is 45.3 Å². The minimum absolute atomic E-state index is 0.521. The zero-order valence-corrected chi connectivity index (χ0v) is 10.4. The summed E-state index contributed by atoms with van der Waals surface area (Å²) < 4.78 is 0. The molecule has 1 N–H and O–H groups in total. The number of hydrogen-bond donors (Lipinski definition) is 1. The summed E-state index contributed by atoms with van der Waals surface area (Å²) in [5.74, 6) is 0. The van der Waals surface area contributed by atoms with Crippen molar-refractivity contribution in [2.75, 3.05) is 11.9 Å². The van der Waals surface area contributed by atoms with Gasteiger partial charge < -0.3 is 10.2 Å². The van der Waals surface area contributed by atoms with Crippen LogP contribution >= 0.6 is 0 Å². The summed E-state index contributed by atoms with van der Waals surface area (Å²) in [6.07, 6.45) is 6.50. The molecular formula is C13H21N3. The van der Waals surface area contributed by atoms with E-state index >= 15 is 0 Å². The van der Waals surface area contributed by atoms with E-state index in [1.165, 1.54) is 24.1 Å². The van der Waals surface area contributed by atoms with Crippen LogP contribution in [-0.4, -0.2) is 24.1 Å². The number of rotatable bonds is 5. The number of nitrogens with zero attached hydrogens (tertiary/aromatic N) is 2. The second kappa shape index (κ2) is 4.83. The van der Waals surface area contributed by atoms with Gasteiger partial charge in [-0.2, -0.15) is 0 Å². The fraction of sp³-hybridized carbons (Fsp3) is 0.615. The van der Waals surface area contributed by atoms with Crippen LogP contribution in [0.4, 0.5) is 5.69 Å². The molecule has 1 aromatic heterocycles. The average molecular weight is 219 g/mol. The van der Waals surface area contributed by atoms with Crippen molar-refractivity contribution in [3.05, 3.63) is 24.0 Å². The standard InChI is InChI=1S/C13H21N3/c1-10(2)15-8-11-6-7-14-9-13(11)16(3)12-4-5-12/h6-7,9-10,12,15H,4-5,8H2,1-3H3. The van der Waals surface area contributed by atoms with Crippen molar-refractivity contribution in [3.8, 4) is 0 Å². The highest BCUT2D eigenvalue weighted by molar-refractivity contribution is 5.52. The van der Waals surface area contributed by atoms with E-state index in [2.05, 4.69) is 42.2 Å². The molecule has 0 radical (unpaired) electrons. The Morgan fingerprint density at radius 2 is 2.25 bits per heavy atom. The number of pyridine rings is 1. The van der Waals surface area contributed by atoms with E-state index in [1.807, 2.05) is 12.4 Å². The van der Waals surface area contributed by atoms with Gasteiger partial charge in [0, 0.05) is 31.9 Å². The van der Waals surface area contributed by atoms with E-state index in [1.54, 1.807) is 0 Å². The zero-order valence-electron chi connectivity index (χ0n) is 10.4. The van der Waals surface area contributed by atoms with Crippen molar-refractivity contribution in [3.63, 3.8) is 0 Å². The van der Waals surface area contributed by atoms with Crippen LogP contribution in [0.1, 0.15) is 32.3 Å². The maximum atomic E-state index is 4.23. The van der Waals surface area contributed by atoms with Gasteiger partial charge in [-0.05, 0) is 24.5 Å². The van der Waals surface area contributed by atoms with Crippen LogP contribution in [0.2, 0.25) is 0 Å². The Morgan fingerprint density at radius 1 is 1.50 bits per heavy atom. The third-order valence-electron chi connectivity index (χ3n) is 3.06. The summed E-state index contributed by atoms with van der Waals surface area (Å²) >= 11 is 0. The van der Waals surface area contributed by atoms with Gasteiger partial charge in [-0.25, -0.2) is 0 Å². The fourth-order valence-electron chi connectivity index (χ4n) is 1.85. The molecule has 1 aliphatic rings. The molecule has 1 saturated carbocycles. The molecule has 0 aliphatic heterocycles. The van der Waals surface area contributed by atoms with Crippen LogP contribution in [0.25, 0.3) is 0 Å². The molecule has 1 heterocycles. The van der Waals surface area contributed by atoms with Gasteiger partial charge in [0.25, 0.3) is 0 Å². The quantitative estimate of drug-likeness (QED) is 0.822. The number of aromatic nitrogens is 1. The highest BCUT2D eigenvalue weighted by Gasteiger charge is 2.27. The monoisotopic (exact) mass is 219 g/mol. The van der Waals surface area contributed by atoms with Crippen molar-refractivity contribution in [2.24, 2.45) is 0 Å². The van der Waals surface area contributed by atoms with Crippen LogP contribution in [0.5, 0.6) is 0 Å². The van der Waals surface area contributed by atoms with Crippen LogP contribution < -0.4 is 10.2 Å². The highest BCUT2D eigenvalue weighted by atomic mass is 15.2. The van der Waals surface area contributed by atoms with Crippen molar-refractivity contribution < 1.29 is 0 Å². The molecular weight excluding hydrogens is 198 g/mol. The molecule has 88 valence electrons. The van der Waals surface area contributed by atoms with Gasteiger partial charge in [0.15, 0.2) is 0 Å². The Balaban J connectivity index is 2.09. The summed E-state index contributed by atoms with van der Waals surface area (Å²) in [6.45, 7) is 5.27. The molecule has 1 aromatic rings. The van der Waals surface area contributed by atoms with E-state index in [4.69, 9.17) is 0 Å². The number of nitrogens with one attached hydrogen (secondary N) is 1. The van der Waals surface area contributed by atoms with Gasteiger partial charge in [0.05, 0.1) is 11.9 Å². The van der Waals surface area contributed by atoms with Crippen LogP contribution in [0, 0.1) is 0 Å². The Morgan fingerprint density at radius 3 is 2.88 bits per heavy atom. The zero-order chi connectivity index (χ0) is 11.5. The molecule has 0 amide bonds. The van der Waals surface area contributed by atoms with E-state index in [0.717, 1.165) is 12.6 Å². The number of anilines is 1. The predicted octanol–water partition coefficient (Wildman–Crippen LogP) is 2.18. The van der Waals surface area contributed by atoms with Gasteiger partial charge in [-0.1, -0.05) is 13.8 Å². The summed E-state index contributed by atoms with van der Waals surface area (Å²) in [7, 11) is 2.17. The van der Waals surface area contributed by atoms with Crippen molar-refractivity contribution in [1.82, 2.24) is 10.3 Å². The van der Waals surface area contributed by atoms with Gasteiger partial charge in [-0.3, -0.25) is 4.98 Å². The molecule has 0 saturated heterocycles. The van der Waals surface area contributed by atoms with Gasteiger partial charge in [-0.15, -0.1) is 0 Å². The summed E-state index contributed by atoms with van der Waals surface area (Å²) in [4.78, 5) is 6.60. The second-order valence-electron chi connectivity index (χ2n) is 4.88. The smallest absolute Gasteiger partial charge is 0.0598 e. The molecule has 0 atom stereocenters. The lowest BCUT2D eigenvalue weighted by molar-refractivity contribution is 0.588. The van der Waals surface area contributed by atoms with Gasteiger partial charge in [0.1, 0.15) is 0 Å². The Bertz CT molecular complexity index is 345. The van der Waals surface area contributed by atoms with E-state index in [9.17, 15) is 0 Å². The average Bonchev–Trinajstić information content (AvgIpc) is 3.09. The number of hydrogen-bond acceptors (Lipinski definition) is 3. The third-order valence-corrected chi connectivity index (χ3v) is 3.06. The lowest BCUT2D eigenvalue weighted by atomic mass is 10.2. The fourth-order valence-corrected chi connectivity index (χ4v) is 1.85. The first-order chi connectivity index (χ1) is 7.68. The molecule has 2 rings (SSSR count). The summed E-state index contributed by atoms with van der Waals surface area (Å²) in [6, 6.07) is 3.37. The minimum Gasteiger partial charge on any atom is -0.370 e. The van der Waals surface area contributed by atoms with E-state index in [-0.39, 0.29) is 0 Å². The molecule has 1 fully saturated rings. The van der Waals surface area contributed by atoms with Crippen molar-refractivity contribution in [1.29, 1.82) is 0 Å². The largest absolute Gasteiger partial charge is 0.370 e. The van der Waals surface area contributed by atoms with Crippen LogP contribution in [-0.2, 0) is 6.54 Å². The highest BCUT2D eigenvalue weighted by Crippen LogP contribution is 2.31. The van der Waals surface area contributed by atoms with Gasteiger partial charge >= 0.3 is 0 Å². The topological polar surface area (TPSA) is 28.2 Å². The van der Waals surface area contributed by atoms with Crippen molar-refractivity contribution >= 4 is 5.69 Å². The Hall–Kier alpha value is -1.09. The summed E-state index contributed by atoms with van der Waals surface area (Å²) in [5.41, 5.74) is 2.62. The molecule has 0 spiro atoms. The lowest BCUT2D eigenvalue weighted by Crippen LogP contribution is -2.25. The second-order valence-corrected chi connectivity index (χ2v) is 4.88. The first kappa shape index (κ1) is 11.4. The first-order valence-corrected chi connectivity index (χ1v) is 6.07. The molecule has 3 heteroatoms. The lowest BCUT2D eigenvalue weighted by Gasteiger charge is -2.22. The molecule has 0 bridgehead atoms. The van der Waals surface area contributed by atoms with E-state index < -0.39 is 0 Å². The molecule has 0 unspecified atom stereocenters. The van der Waals surface area contributed by atoms with Gasteiger partial charge in [0.2, 0.25) is 0 Å². The minimum atomic E-state index is 0.521. The summed E-state index contributed by atoms with van der Waals surface area (Å²) in [5, 5.41) is 3.46. The molecule has 0 aromatic carbocycles. The Kier molecular flexibility index (Phi) is 3.44. The normalized spacial score (nSPS) is 15.5. The first-order valence-electron chi connectivity index (χ1n) is 6.07.